The van der Waals surface area contributed by atoms with Crippen molar-refractivity contribution in [2.24, 2.45) is 11.7 Å². The molecule has 1 aromatic carbocycles. The average molecular weight is 284 g/mol. The number of hydrogen-bond acceptors (Lipinski definition) is 3. The van der Waals surface area contributed by atoms with Crippen LogP contribution in [-0.4, -0.2) is 28.0 Å². The lowest BCUT2D eigenvalue weighted by Crippen LogP contribution is -2.41. The van der Waals surface area contributed by atoms with Crippen LogP contribution in [0.3, 0.4) is 0 Å². The summed E-state index contributed by atoms with van der Waals surface area (Å²) in [6.07, 6.45) is 7.80. The number of imidazole rings is 1. The topological polar surface area (TPSA) is 72.9 Å². The minimum absolute atomic E-state index is 0.0356. The van der Waals surface area contributed by atoms with Crippen molar-refractivity contribution in [1.29, 1.82) is 0 Å². The number of carbonyl (C=O) groups excluding carboxylic acids is 1. The van der Waals surface area contributed by atoms with E-state index in [0.29, 0.717) is 18.0 Å². The van der Waals surface area contributed by atoms with Crippen LogP contribution in [0.4, 0.5) is 0 Å². The number of nitrogens with two attached hydrogens (primary N) is 1. The number of rotatable bonds is 6. The smallest absolute Gasteiger partial charge is 0.251 e. The molecule has 1 heterocycles. The van der Waals surface area contributed by atoms with Gasteiger partial charge in [-0.25, -0.2) is 4.98 Å². The zero-order valence-electron chi connectivity index (χ0n) is 11.9. The summed E-state index contributed by atoms with van der Waals surface area (Å²) in [5.41, 5.74) is 7.54. The molecule has 5 heteroatoms. The van der Waals surface area contributed by atoms with Gasteiger partial charge in [0, 0.05) is 37.1 Å². The third-order valence-corrected chi connectivity index (χ3v) is 3.90. The second kappa shape index (κ2) is 6.10. The molecule has 0 saturated heterocycles. The van der Waals surface area contributed by atoms with Crippen LogP contribution in [0, 0.1) is 5.92 Å². The second-order valence-electron chi connectivity index (χ2n) is 5.59. The Morgan fingerprint density at radius 1 is 1.38 bits per heavy atom. The molecule has 0 spiro atoms. The summed E-state index contributed by atoms with van der Waals surface area (Å²) in [5, 5.41) is 3.03. The Balaban J connectivity index is 1.61. The van der Waals surface area contributed by atoms with Crippen molar-refractivity contribution in [3.8, 4) is 0 Å². The molecule has 1 aliphatic rings. The predicted molar refractivity (Wildman–Crippen MR) is 80.8 cm³/mol. The quantitative estimate of drug-likeness (QED) is 0.842. The Morgan fingerprint density at radius 2 is 2.14 bits per heavy atom. The largest absolute Gasteiger partial charge is 0.348 e. The second-order valence-corrected chi connectivity index (χ2v) is 5.59. The number of nitrogens with one attached hydrogen (secondary N) is 1. The van der Waals surface area contributed by atoms with Crippen molar-refractivity contribution in [2.75, 3.05) is 6.54 Å². The highest BCUT2D eigenvalue weighted by molar-refractivity contribution is 5.94. The molecule has 3 N–H and O–H groups in total. The Labute approximate surface area is 124 Å². The highest BCUT2D eigenvalue weighted by Crippen LogP contribution is 2.32. The Kier molecular flexibility index (Phi) is 4.01. The minimum Gasteiger partial charge on any atom is -0.348 e. The van der Waals surface area contributed by atoms with Gasteiger partial charge in [-0.1, -0.05) is 12.1 Å². The Hall–Kier alpha value is -2.14. The maximum absolute atomic E-state index is 12.2. The van der Waals surface area contributed by atoms with Gasteiger partial charge < -0.3 is 15.6 Å². The number of benzene rings is 1. The van der Waals surface area contributed by atoms with Gasteiger partial charge in [-0.05, 0) is 36.5 Å². The molecular weight excluding hydrogens is 264 g/mol. The lowest BCUT2D eigenvalue weighted by Gasteiger charge is -2.16. The first kappa shape index (κ1) is 13.8. The summed E-state index contributed by atoms with van der Waals surface area (Å²) < 4.78 is 1.99. The van der Waals surface area contributed by atoms with Crippen LogP contribution in [0.1, 0.15) is 28.8 Å². The first-order valence-corrected chi connectivity index (χ1v) is 7.32. The van der Waals surface area contributed by atoms with E-state index in [-0.39, 0.29) is 11.9 Å². The van der Waals surface area contributed by atoms with E-state index in [0.717, 1.165) is 12.1 Å². The minimum atomic E-state index is -0.0356. The Morgan fingerprint density at radius 3 is 2.71 bits per heavy atom. The summed E-state index contributed by atoms with van der Waals surface area (Å²) in [6, 6.07) is 7.79. The molecule has 0 radical (unpaired) electrons. The van der Waals surface area contributed by atoms with Crippen LogP contribution in [0.5, 0.6) is 0 Å². The normalized spacial score (nSPS) is 15.7. The summed E-state index contributed by atoms with van der Waals surface area (Å²) >= 11 is 0. The van der Waals surface area contributed by atoms with Crippen molar-refractivity contribution in [1.82, 2.24) is 14.9 Å². The molecule has 1 atom stereocenters. The lowest BCUT2D eigenvalue weighted by molar-refractivity contribution is 0.0933. The van der Waals surface area contributed by atoms with E-state index in [4.69, 9.17) is 5.73 Å². The van der Waals surface area contributed by atoms with Crippen molar-refractivity contribution in [3.05, 3.63) is 54.1 Å². The summed E-state index contributed by atoms with van der Waals surface area (Å²) in [4.78, 5) is 16.2. The van der Waals surface area contributed by atoms with Gasteiger partial charge in [-0.2, -0.15) is 0 Å². The first-order chi connectivity index (χ1) is 10.3. The van der Waals surface area contributed by atoms with Crippen molar-refractivity contribution in [2.45, 2.75) is 25.4 Å². The summed E-state index contributed by atoms with van der Waals surface area (Å²) in [5.74, 6) is 0.533. The molecule has 1 unspecified atom stereocenters. The van der Waals surface area contributed by atoms with Crippen LogP contribution < -0.4 is 11.1 Å². The number of nitrogens with zero attached hydrogens (tertiary/aromatic N) is 2. The molecule has 1 amide bonds. The molecule has 5 nitrogen and oxygen atoms in total. The highest BCUT2D eigenvalue weighted by Gasteiger charge is 2.31. The molecule has 110 valence electrons. The SMILES string of the molecule is NCC(NC(=O)c1ccc(Cn2ccnc2)cc1)C1CC1. The molecule has 21 heavy (non-hydrogen) atoms. The lowest BCUT2D eigenvalue weighted by atomic mass is 10.1. The van der Waals surface area contributed by atoms with E-state index >= 15 is 0 Å². The molecule has 1 aromatic heterocycles. The third-order valence-electron chi connectivity index (χ3n) is 3.90. The summed E-state index contributed by atoms with van der Waals surface area (Å²) in [7, 11) is 0. The monoisotopic (exact) mass is 284 g/mol. The molecule has 1 saturated carbocycles. The average Bonchev–Trinajstić information content (AvgIpc) is 3.23. The molecular formula is C16H20N4O. The number of aromatic nitrogens is 2. The van der Waals surface area contributed by atoms with Crippen molar-refractivity contribution in [3.63, 3.8) is 0 Å². The van der Waals surface area contributed by atoms with E-state index in [1.807, 2.05) is 35.0 Å². The highest BCUT2D eigenvalue weighted by atomic mass is 16.1. The van der Waals surface area contributed by atoms with Gasteiger partial charge in [0.05, 0.1) is 6.33 Å². The van der Waals surface area contributed by atoms with Crippen LogP contribution in [0.15, 0.2) is 43.0 Å². The standard InChI is InChI=1S/C16H20N4O/c17-9-15(13-5-6-13)19-16(21)14-3-1-12(2-4-14)10-20-8-7-18-11-20/h1-4,7-8,11,13,15H,5-6,9-10,17H2,(H,19,21). The molecule has 0 aliphatic heterocycles. The van der Waals surface area contributed by atoms with Crippen LogP contribution in [0.25, 0.3) is 0 Å². The number of carbonyl (C=O) groups is 1. The van der Waals surface area contributed by atoms with Crippen molar-refractivity contribution < 1.29 is 4.79 Å². The van der Waals surface area contributed by atoms with Crippen LogP contribution in [-0.2, 0) is 6.54 Å². The van der Waals surface area contributed by atoms with E-state index < -0.39 is 0 Å². The molecule has 2 aromatic rings. The van der Waals surface area contributed by atoms with Gasteiger partial charge >= 0.3 is 0 Å². The first-order valence-electron chi connectivity index (χ1n) is 7.32. The molecule has 3 rings (SSSR count). The van der Waals surface area contributed by atoms with Gasteiger partial charge in [0.1, 0.15) is 0 Å². The fraction of sp³-hybridized carbons (Fsp3) is 0.375. The predicted octanol–water partition coefficient (Wildman–Crippen LogP) is 1.40. The van der Waals surface area contributed by atoms with Gasteiger partial charge in [-0.3, -0.25) is 4.79 Å². The van der Waals surface area contributed by atoms with Gasteiger partial charge in [0.15, 0.2) is 0 Å². The maximum atomic E-state index is 12.2. The van der Waals surface area contributed by atoms with E-state index in [1.165, 1.54) is 12.8 Å². The molecule has 1 fully saturated rings. The van der Waals surface area contributed by atoms with E-state index in [1.54, 1.807) is 12.5 Å². The van der Waals surface area contributed by atoms with Crippen molar-refractivity contribution >= 4 is 5.91 Å². The fourth-order valence-corrected chi connectivity index (χ4v) is 2.47. The molecule has 0 bridgehead atoms. The summed E-state index contributed by atoms with van der Waals surface area (Å²) in [6.45, 7) is 1.27. The van der Waals surface area contributed by atoms with Gasteiger partial charge in [0.2, 0.25) is 0 Å². The number of hydrogen-bond donors (Lipinski definition) is 2. The van der Waals surface area contributed by atoms with Gasteiger partial charge in [-0.15, -0.1) is 0 Å². The zero-order chi connectivity index (χ0) is 14.7. The third kappa shape index (κ3) is 3.49. The fourth-order valence-electron chi connectivity index (χ4n) is 2.47. The van der Waals surface area contributed by atoms with E-state index in [2.05, 4.69) is 10.3 Å². The van der Waals surface area contributed by atoms with Crippen LogP contribution in [0.2, 0.25) is 0 Å². The number of amides is 1. The zero-order valence-corrected chi connectivity index (χ0v) is 11.9. The van der Waals surface area contributed by atoms with Gasteiger partial charge in [0.25, 0.3) is 5.91 Å². The van der Waals surface area contributed by atoms with Crippen LogP contribution >= 0.6 is 0 Å². The Bertz CT molecular complexity index is 587. The van der Waals surface area contributed by atoms with E-state index in [9.17, 15) is 4.79 Å². The molecule has 1 aliphatic carbocycles. The maximum Gasteiger partial charge on any atom is 0.251 e.